The molecule has 0 fully saturated rings. The fraction of sp³-hybridized carbons (Fsp3) is 0.167. The molecular weight excluding hydrogens is 373 g/mol. The number of thiophene rings is 1. The summed E-state index contributed by atoms with van der Waals surface area (Å²) in [6.07, 6.45) is 0.302. The molecule has 0 radical (unpaired) electrons. The highest BCUT2D eigenvalue weighted by molar-refractivity contribution is 7.95. The second-order valence-electron chi connectivity index (χ2n) is 6.05. The second kappa shape index (κ2) is 5.97. The molecule has 1 aromatic carbocycles. The SMILES string of the molecule is N#CC1=C(N)N(c2ccc(F)cc2)C2=C(C1c1cccs1)S(=O)(=O)CC2. The summed E-state index contributed by atoms with van der Waals surface area (Å²) in [5.41, 5.74) is 7.60. The van der Waals surface area contributed by atoms with Crippen molar-refractivity contribution in [3.63, 3.8) is 0 Å². The van der Waals surface area contributed by atoms with E-state index in [9.17, 15) is 18.1 Å². The molecule has 2 aliphatic heterocycles. The summed E-state index contributed by atoms with van der Waals surface area (Å²) in [7, 11) is -3.51. The van der Waals surface area contributed by atoms with E-state index < -0.39 is 21.6 Å². The number of nitriles is 1. The molecule has 0 spiro atoms. The largest absolute Gasteiger partial charge is 0.384 e. The monoisotopic (exact) mass is 387 g/mol. The van der Waals surface area contributed by atoms with Crippen LogP contribution in [0.4, 0.5) is 10.1 Å². The Morgan fingerprint density at radius 1 is 1.27 bits per heavy atom. The fourth-order valence-electron chi connectivity index (χ4n) is 3.49. The van der Waals surface area contributed by atoms with Crippen LogP contribution in [0.25, 0.3) is 0 Å². The molecule has 3 heterocycles. The summed E-state index contributed by atoms with van der Waals surface area (Å²) in [6, 6.07) is 11.3. The van der Waals surface area contributed by atoms with Gasteiger partial charge in [-0.15, -0.1) is 11.3 Å². The minimum Gasteiger partial charge on any atom is -0.384 e. The summed E-state index contributed by atoms with van der Waals surface area (Å²) in [5, 5.41) is 11.6. The third kappa shape index (κ3) is 2.43. The van der Waals surface area contributed by atoms with Crippen molar-refractivity contribution in [1.29, 1.82) is 5.26 Å². The van der Waals surface area contributed by atoms with Crippen LogP contribution < -0.4 is 10.6 Å². The van der Waals surface area contributed by atoms with Crippen LogP contribution in [0.5, 0.6) is 0 Å². The maximum absolute atomic E-state index is 13.3. The van der Waals surface area contributed by atoms with Gasteiger partial charge in [-0.2, -0.15) is 5.26 Å². The minimum atomic E-state index is -3.51. The average molecular weight is 387 g/mol. The third-order valence-electron chi connectivity index (χ3n) is 4.60. The summed E-state index contributed by atoms with van der Waals surface area (Å²) in [5.74, 6) is -0.922. The number of sulfone groups is 1. The summed E-state index contributed by atoms with van der Waals surface area (Å²) in [4.78, 5) is 2.57. The molecule has 0 bridgehead atoms. The summed E-state index contributed by atoms with van der Waals surface area (Å²) >= 11 is 1.39. The summed E-state index contributed by atoms with van der Waals surface area (Å²) < 4.78 is 38.9. The van der Waals surface area contributed by atoms with Crippen LogP contribution in [0.2, 0.25) is 0 Å². The van der Waals surface area contributed by atoms with E-state index in [0.29, 0.717) is 17.8 Å². The van der Waals surface area contributed by atoms with Crippen LogP contribution in [0.1, 0.15) is 17.2 Å². The van der Waals surface area contributed by atoms with E-state index in [2.05, 4.69) is 6.07 Å². The van der Waals surface area contributed by atoms with Crippen molar-refractivity contribution in [2.24, 2.45) is 5.73 Å². The van der Waals surface area contributed by atoms with E-state index in [1.54, 1.807) is 4.90 Å². The van der Waals surface area contributed by atoms with Gasteiger partial charge in [-0.05, 0) is 35.7 Å². The molecule has 1 unspecified atom stereocenters. The number of nitrogens with zero attached hydrogens (tertiary/aromatic N) is 2. The molecule has 5 nitrogen and oxygen atoms in total. The number of allylic oxidation sites excluding steroid dienone is 3. The van der Waals surface area contributed by atoms with E-state index in [-0.39, 0.29) is 22.1 Å². The maximum atomic E-state index is 13.3. The number of hydrogen-bond donors (Lipinski definition) is 1. The molecule has 26 heavy (non-hydrogen) atoms. The Balaban J connectivity index is 1.99. The molecule has 8 heteroatoms. The number of nitrogens with two attached hydrogens (primary N) is 1. The van der Waals surface area contributed by atoms with E-state index in [1.165, 1.54) is 35.6 Å². The molecule has 0 amide bonds. The normalized spacial score (nSPS) is 21.7. The zero-order chi connectivity index (χ0) is 18.5. The van der Waals surface area contributed by atoms with Crippen LogP contribution in [-0.4, -0.2) is 14.2 Å². The predicted octanol–water partition coefficient (Wildman–Crippen LogP) is 3.21. The van der Waals surface area contributed by atoms with Crippen LogP contribution >= 0.6 is 11.3 Å². The molecule has 1 atom stereocenters. The first-order valence-electron chi connectivity index (χ1n) is 7.88. The van der Waals surface area contributed by atoms with Crippen molar-refractivity contribution >= 4 is 26.9 Å². The van der Waals surface area contributed by atoms with Crippen molar-refractivity contribution in [2.75, 3.05) is 10.7 Å². The Hall–Kier alpha value is -2.63. The highest BCUT2D eigenvalue weighted by Gasteiger charge is 2.45. The van der Waals surface area contributed by atoms with Crippen LogP contribution in [-0.2, 0) is 9.84 Å². The molecule has 4 rings (SSSR count). The van der Waals surface area contributed by atoms with E-state index >= 15 is 0 Å². The molecule has 2 aliphatic rings. The highest BCUT2D eigenvalue weighted by Crippen LogP contribution is 2.49. The Labute approximate surface area is 154 Å². The van der Waals surface area contributed by atoms with Crippen molar-refractivity contribution < 1.29 is 12.8 Å². The summed E-state index contributed by atoms with van der Waals surface area (Å²) in [6.45, 7) is 0. The molecule has 132 valence electrons. The molecule has 0 saturated heterocycles. The average Bonchev–Trinajstić information content (AvgIpc) is 3.24. The van der Waals surface area contributed by atoms with Gasteiger partial charge in [0.2, 0.25) is 0 Å². The molecule has 1 aromatic heterocycles. The maximum Gasteiger partial charge on any atom is 0.177 e. The predicted molar refractivity (Wildman–Crippen MR) is 98.2 cm³/mol. The molecule has 0 saturated carbocycles. The first-order chi connectivity index (χ1) is 12.4. The Kier molecular flexibility index (Phi) is 3.86. The third-order valence-corrected chi connectivity index (χ3v) is 7.42. The van der Waals surface area contributed by atoms with Crippen LogP contribution in [0.15, 0.2) is 63.8 Å². The van der Waals surface area contributed by atoms with Gasteiger partial charge in [0.1, 0.15) is 11.6 Å². The van der Waals surface area contributed by atoms with Crippen molar-refractivity contribution in [3.8, 4) is 6.07 Å². The lowest BCUT2D eigenvalue weighted by Gasteiger charge is -2.34. The number of benzene rings is 1. The van der Waals surface area contributed by atoms with Gasteiger partial charge in [0.25, 0.3) is 0 Å². The first kappa shape index (κ1) is 16.8. The second-order valence-corrected chi connectivity index (χ2v) is 9.11. The van der Waals surface area contributed by atoms with Gasteiger partial charge in [-0.25, -0.2) is 12.8 Å². The number of rotatable bonds is 2. The van der Waals surface area contributed by atoms with Crippen LogP contribution in [0, 0.1) is 17.1 Å². The topological polar surface area (TPSA) is 87.2 Å². The zero-order valence-corrected chi connectivity index (χ0v) is 15.1. The van der Waals surface area contributed by atoms with Crippen molar-refractivity contribution in [3.05, 3.63) is 74.5 Å². The van der Waals surface area contributed by atoms with Gasteiger partial charge < -0.3 is 5.73 Å². The van der Waals surface area contributed by atoms with Gasteiger partial charge in [0.05, 0.1) is 28.2 Å². The highest BCUT2D eigenvalue weighted by atomic mass is 32.2. The van der Waals surface area contributed by atoms with Gasteiger partial charge in [-0.1, -0.05) is 6.07 Å². The molecule has 2 N–H and O–H groups in total. The van der Waals surface area contributed by atoms with Gasteiger partial charge >= 0.3 is 0 Å². The van der Waals surface area contributed by atoms with Crippen molar-refractivity contribution in [1.82, 2.24) is 0 Å². The van der Waals surface area contributed by atoms with E-state index in [4.69, 9.17) is 5.73 Å². The lowest BCUT2D eigenvalue weighted by atomic mass is 9.92. The standard InChI is InChI=1S/C18H14FN3O2S2/c19-11-3-5-12(6-4-11)22-14-7-9-26(23,24)17(14)16(13(10-20)18(22)21)15-2-1-8-25-15/h1-6,8,16H,7,9,21H2. The minimum absolute atomic E-state index is 0.0246. The van der Waals surface area contributed by atoms with Crippen LogP contribution in [0.3, 0.4) is 0 Å². The first-order valence-corrected chi connectivity index (χ1v) is 10.4. The molecule has 0 aliphatic carbocycles. The Bertz CT molecular complexity index is 1080. The Morgan fingerprint density at radius 3 is 2.62 bits per heavy atom. The number of anilines is 1. The number of hydrogen-bond acceptors (Lipinski definition) is 6. The quantitative estimate of drug-likeness (QED) is 0.855. The molecule has 2 aromatic rings. The van der Waals surface area contributed by atoms with E-state index in [1.807, 2.05) is 17.5 Å². The van der Waals surface area contributed by atoms with Gasteiger partial charge in [-0.3, -0.25) is 4.90 Å². The molecular formula is C18H14FN3O2S2. The van der Waals surface area contributed by atoms with Gasteiger partial charge in [0, 0.05) is 22.7 Å². The fourth-order valence-corrected chi connectivity index (χ4v) is 6.25. The van der Waals surface area contributed by atoms with E-state index in [0.717, 1.165) is 4.88 Å². The Morgan fingerprint density at radius 2 is 2.00 bits per heavy atom. The smallest absolute Gasteiger partial charge is 0.177 e. The number of halogens is 1. The zero-order valence-electron chi connectivity index (χ0n) is 13.5. The lowest BCUT2D eigenvalue weighted by molar-refractivity contribution is 0.602. The van der Waals surface area contributed by atoms with Gasteiger partial charge in [0.15, 0.2) is 9.84 Å². The van der Waals surface area contributed by atoms with Crippen molar-refractivity contribution in [2.45, 2.75) is 12.3 Å². The lowest BCUT2D eigenvalue weighted by Crippen LogP contribution is -2.34.